The predicted octanol–water partition coefficient (Wildman–Crippen LogP) is 5.12. The fourth-order valence-electron chi connectivity index (χ4n) is 3.19. The zero-order valence-corrected chi connectivity index (χ0v) is 26.1. The fraction of sp³-hybridized carbons (Fsp3) is 0.950. The highest BCUT2D eigenvalue weighted by atomic mass is 28.5. The molecular weight excluding hydrogens is 461 g/mol. The summed E-state index contributed by atoms with van der Waals surface area (Å²) in [6, 6.07) is 0.739. The van der Waals surface area contributed by atoms with Crippen molar-refractivity contribution >= 4 is 39.7 Å². The van der Waals surface area contributed by atoms with Crippen LogP contribution in [0.4, 0.5) is 0 Å². The van der Waals surface area contributed by atoms with E-state index in [0.717, 1.165) is 31.7 Å². The van der Waals surface area contributed by atoms with E-state index in [1.165, 1.54) is 0 Å². The number of carbonyl (C=O) groups excluding carboxylic acids is 1. The lowest BCUT2D eigenvalue weighted by atomic mass is 10.2. The van der Waals surface area contributed by atoms with Gasteiger partial charge in [0.15, 0.2) is 25.0 Å². The number of hydroxylamine groups is 3. The molecule has 0 radical (unpaired) electrons. The van der Waals surface area contributed by atoms with E-state index in [2.05, 4.69) is 64.2 Å². The van der Waals surface area contributed by atoms with Crippen LogP contribution in [-0.2, 0) is 17.1 Å². The van der Waals surface area contributed by atoms with Gasteiger partial charge in [-0.25, -0.2) is 0 Å². The first-order valence-electron chi connectivity index (χ1n) is 11.6. The minimum atomic E-state index is -2.83. The van der Waals surface area contributed by atoms with E-state index in [4.69, 9.17) is 12.3 Å². The molecule has 0 aliphatic heterocycles. The Balaban J connectivity index is 4.76. The predicted molar refractivity (Wildman–Crippen MR) is 140 cm³/mol. The van der Waals surface area contributed by atoms with Gasteiger partial charge in [0.05, 0.1) is 20.6 Å². The van der Waals surface area contributed by atoms with Crippen LogP contribution in [0.5, 0.6) is 0 Å². The second kappa shape index (κ2) is 12.6. The smallest absolute Gasteiger partial charge is 0.469 e. The summed E-state index contributed by atoms with van der Waals surface area (Å²) in [5.41, 5.74) is 0. The van der Waals surface area contributed by atoms with Gasteiger partial charge in [-0.3, -0.25) is 4.79 Å². The van der Waals surface area contributed by atoms with Crippen molar-refractivity contribution in [3.05, 3.63) is 5.21 Å². The molecule has 0 aliphatic carbocycles. The highest BCUT2D eigenvalue weighted by molar-refractivity contribution is 6.90. The van der Waals surface area contributed by atoms with Gasteiger partial charge in [-0.15, -0.1) is 0 Å². The van der Waals surface area contributed by atoms with Gasteiger partial charge in [-0.1, -0.05) is 0 Å². The molecule has 0 aromatic heterocycles. The third-order valence-electron chi connectivity index (χ3n) is 3.97. The Morgan fingerprint density at radius 1 is 0.774 bits per heavy atom. The molecule has 0 spiro atoms. The number of rotatable bonds is 16. The van der Waals surface area contributed by atoms with Crippen molar-refractivity contribution in [2.24, 2.45) is 0 Å². The number of nitrogens with zero attached hydrogens (tertiary/aromatic N) is 1. The summed E-state index contributed by atoms with van der Waals surface area (Å²) < 4.78 is 19.7. The molecule has 0 bridgehead atoms. The second-order valence-corrected chi connectivity index (χ2v) is 28.9. The third-order valence-corrected chi connectivity index (χ3v) is 16.0. The normalized spacial score (nSPS) is 14.1. The number of unbranched alkanes of at least 4 members (excludes halogenated alkanes) is 2. The van der Waals surface area contributed by atoms with Gasteiger partial charge < -0.3 is 27.5 Å². The van der Waals surface area contributed by atoms with Crippen molar-refractivity contribution in [3.8, 4) is 0 Å². The molecule has 0 saturated carbocycles. The highest BCUT2D eigenvalue weighted by Crippen LogP contribution is 2.29. The zero-order chi connectivity index (χ0) is 24.6. The van der Waals surface area contributed by atoms with Crippen molar-refractivity contribution < 1.29 is 21.8 Å². The Hall–Kier alpha value is 0.138. The first-order chi connectivity index (χ1) is 13.7. The monoisotopic (exact) mass is 510 g/mol. The molecule has 0 aromatic carbocycles. The minimum absolute atomic E-state index is 0.0754. The van der Waals surface area contributed by atoms with E-state index in [1.54, 1.807) is 14.1 Å². The molecule has 31 heavy (non-hydrogen) atoms. The van der Waals surface area contributed by atoms with Crippen LogP contribution in [0.15, 0.2) is 0 Å². The molecule has 0 aromatic rings. The summed E-state index contributed by atoms with van der Waals surface area (Å²) in [5, 5.41) is 14.6. The van der Waals surface area contributed by atoms with Gasteiger partial charge in [0, 0.05) is 19.0 Å². The third kappa shape index (κ3) is 19.3. The summed E-state index contributed by atoms with van der Waals surface area (Å²) in [5.74, 6) is 0.0754. The van der Waals surface area contributed by atoms with Crippen molar-refractivity contribution in [3.63, 3.8) is 0 Å². The lowest BCUT2D eigenvalue weighted by Crippen LogP contribution is -2.60. The van der Waals surface area contributed by atoms with Crippen LogP contribution in [0.3, 0.4) is 0 Å². The van der Waals surface area contributed by atoms with Gasteiger partial charge in [-0.05, 0) is 84.6 Å². The zero-order valence-electron chi connectivity index (χ0n) is 22.1. The van der Waals surface area contributed by atoms with Crippen molar-refractivity contribution in [2.45, 2.75) is 97.1 Å². The minimum Gasteiger partial charge on any atom is -0.633 e. The first kappa shape index (κ1) is 31.1. The summed E-state index contributed by atoms with van der Waals surface area (Å²) in [4.78, 5) is 12.2. The second-order valence-electron chi connectivity index (χ2n) is 11.9. The van der Waals surface area contributed by atoms with E-state index in [-0.39, 0.29) is 10.6 Å². The van der Waals surface area contributed by atoms with Crippen LogP contribution in [-0.4, -0.2) is 71.5 Å². The van der Waals surface area contributed by atoms with Crippen molar-refractivity contribution in [2.75, 3.05) is 27.2 Å². The average Bonchev–Trinajstić information content (AvgIpc) is 2.44. The summed E-state index contributed by atoms with van der Waals surface area (Å²) >= 11 is 0. The largest absolute Gasteiger partial charge is 0.633 e. The highest BCUT2D eigenvalue weighted by Gasteiger charge is 2.49. The van der Waals surface area contributed by atoms with Gasteiger partial charge in [0.1, 0.15) is 0 Å². The maximum atomic E-state index is 12.2. The van der Waals surface area contributed by atoms with Crippen LogP contribution in [0.1, 0.15) is 32.1 Å². The number of hydrogen-bond acceptors (Lipinski definition) is 5. The number of nitrogens with one attached hydrogen (secondary N) is 1. The number of amides is 1. The Kier molecular flexibility index (Phi) is 12.6. The molecule has 7 nitrogen and oxygen atoms in total. The van der Waals surface area contributed by atoms with Gasteiger partial charge >= 0.3 is 8.80 Å². The van der Waals surface area contributed by atoms with Gasteiger partial charge in [0.2, 0.25) is 5.91 Å². The molecule has 0 saturated heterocycles. The van der Waals surface area contributed by atoms with Crippen LogP contribution in [0, 0.1) is 5.21 Å². The Morgan fingerprint density at radius 2 is 1.23 bits per heavy atom. The Morgan fingerprint density at radius 3 is 1.61 bits per heavy atom. The molecule has 186 valence electrons. The summed E-state index contributed by atoms with van der Waals surface area (Å²) in [6.07, 6.45) is 3.89. The molecule has 11 heteroatoms. The SMILES string of the molecule is C[N+](C)([O-])CCCCCC(=O)NCCC[Si](O[Si](C)(C)C)(O[Si](C)(C)C)O[Si](C)(C)C. The lowest BCUT2D eigenvalue weighted by Gasteiger charge is -2.43. The molecule has 0 rings (SSSR count). The van der Waals surface area contributed by atoms with Crippen LogP contribution < -0.4 is 5.32 Å². The van der Waals surface area contributed by atoms with E-state index in [0.29, 0.717) is 19.5 Å². The van der Waals surface area contributed by atoms with E-state index in [9.17, 15) is 10.0 Å². The van der Waals surface area contributed by atoms with E-state index < -0.39 is 33.8 Å². The van der Waals surface area contributed by atoms with Crippen molar-refractivity contribution in [1.82, 2.24) is 5.32 Å². The van der Waals surface area contributed by atoms with Crippen LogP contribution in [0.25, 0.3) is 0 Å². The fourth-order valence-corrected chi connectivity index (χ4v) is 17.8. The van der Waals surface area contributed by atoms with Crippen molar-refractivity contribution in [1.29, 1.82) is 0 Å². The molecule has 0 unspecified atom stereocenters. The molecule has 1 N–H and O–H groups in total. The molecular formula is C20H50N2O5Si4. The summed E-state index contributed by atoms with van der Waals surface area (Å²) in [7, 11) is -5.12. The molecule has 1 amide bonds. The Bertz CT molecular complexity index is 497. The maximum absolute atomic E-state index is 12.2. The molecule has 0 aliphatic rings. The summed E-state index contributed by atoms with van der Waals surface area (Å²) in [6.45, 7) is 20.9. The van der Waals surface area contributed by atoms with Gasteiger partial charge in [-0.2, -0.15) is 0 Å². The molecule has 0 fully saturated rings. The standard InChI is InChI=1S/C20H50N2O5Si4/c1-22(2,24)18-14-12-13-16-20(23)21-17-15-19-31(25-28(3,4)5,26-29(6,7)8)27-30(9,10)11/h12-19H2,1-11H3,(H,21,23). The average molecular weight is 511 g/mol. The Labute approximate surface area is 196 Å². The number of quaternary nitrogens is 1. The first-order valence-corrected chi connectivity index (χ1v) is 23.8. The van der Waals surface area contributed by atoms with Crippen LogP contribution in [0.2, 0.25) is 65.0 Å². The lowest BCUT2D eigenvalue weighted by molar-refractivity contribution is -0.840. The number of carbonyl (C=O) groups is 1. The molecule has 0 atom stereocenters. The quantitative estimate of drug-likeness (QED) is 0.135. The van der Waals surface area contributed by atoms with E-state index in [1.807, 2.05) is 0 Å². The van der Waals surface area contributed by atoms with E-state index >= 15 is 0 Å². The number of hydrogen-bond donors (Lipinski definition) is 1. The topological polar surface area (TPSA) is 79.9 Å². The maximum Gasteiger partial charge on any atom is 0.469 e. The van der Waals surface area contributed by atoms with Crippen LogP contribution >= 0.6 is 0 Å². The molecule has 0 heterocycles. The van der Waals surface area contributed by atoms with Gasteiger partial charge in [0.25, 0.3) is 0 Å².